The van der Waals surface area contributed by atoms with Gasteiger partial charge in [-0.3, -0.25) is 0 Å². The van der Waals surface area contributed by atoms with Crippen molar-refractivity contribution < 1.29 is 5.11 Å². The van der Waals surface area contributed by atoms with Crippen molar-refractivity contribution >= 4 is 16.5 Å². The second kappa shape index (κ2) is 4.67. The molecule has 1 aliphatic carbocycles. The fourth-order valence-corrected chi connectivity index (χ4v) is 2.82. The minimum atomic E-state index is -0.192. The van der Waals surface area contributed by atoms with Crippen LogP contribution >= 0.6 is 11.3 Å². The van der Waals surface area contributed by atoms with E-state index in [4.69, 9.17) is 0 Å². The highest BCUT2D eigenvalue weighted by Crippen LogP contribution is 2.36. The van der Waals surface area contributed by atoms with Crippen LogP contribution in [0, 0.1) is 12.3 Å². The predicted octanol–water partition coefficient (Wildman–Crippen LogP) is 2.20. The number of nitrogens with one attached hydrogen (secondary N) is 1. The van der Waals surface area contributed by atoms with Crippen molar-refractivity contribution in [3.05, 3.63) is 5.01 Å². The average Bonchev–Trinajstić information content (AvgIpc) is 2.67. The summed E-state index contributed by atoms with van der Waals surface area (Å²) in [6, 6.07) is 0. The molecule has 90 valence electrons. The molecule has 1 heterocycles. The zero-order chi connectivity index (χ0) is 11.6. The van der Waals surface area contributed by atoms with Gasteiger partial charge < -0.3 is 10.4 Å². The highest BCUT2D eigenvalue weighted by Gasteiger charge is 2.35. The summed E-state index contributed by atoms with van der Waals surface area (Å²) >= 11 is 1.56. The van der Waals surface area contributed by atoms with Crippen LogP contribution in [-0.2, 0) is 0 Å². The second-order valence-corrected chi connectivity index (χ2v) is 6.08. The number of aryl methyl sites for hydroxylation is 1. The maximum absolute atomic E-state index is 10.0. The van der Waals surface area contributed by atoms with Gasteiger partial charge in [0, 0.05) is 12.0 Å². The van der Waals surface area contributed by atoms with Gasteiger partial charge in [-0.15, -0.1) is 10.2 Å². The first-order valence-electron chi connectivity index (χ1n) is 5.82. The van der Waals surface area contributed by atoms with E-state index in [-0.39, 0.29) is 11.5 Å². The van der Waals surface area contributed by atoms with Crippen LogP contribution in [0.5, 0.6) is 0 Å². The van der Waals surface area contributed by atoms with Crippen molar-refractivity contribution in [1.29, 1.82) is 0 Å². The molecule has 0 aromatic carbocycles. The number of rotatable bonds is 3. The summed E-state index contributed by atoms with van der Waals surface area (Å²) in [5, 5.41) is 23.2. The van der Waals surface area contributed by atoms with Crippen LogP contribution in [0.4, 0.5) is 5.13 Å². The first-order valence-corrected chi connectivity index (χ1v) is 6.64. The maximum Gasteiger partial charge on any atom is 0.205 e. The van der Waals surface area contributed by atoms with Crippen molar-refractivity contribution in [2.24, 2.45) is 5.41 Å². The molecule has 0 saturated heterocycles. The van der Waals surface area contributed by atoms with Gasteiger partial charge in [0.05, 0.1) is 6.10 Å². The Bertz CT molecular complexity index is 355. The van der Waals surface area contributed by atoms with E-state index < -0.39 is 0 Å². The summed E-state index contributed by atoms with van der Waals surface area (Å²) in [5.41, 5.74) is -0.0160. The molecule has 0 aliphatic heterocycles. The van der Waals surface area contributed by atoms with Gasteiger partial charge in [-0.2, -0.15) is 0 Å². The summed E-state index contributed by atoms with van der Waals surface area (Å²) in [5.74, 6) is 0. The van der Waals surface area contributed by atoms with Crippen LogP contribution in [0.15, 0.2) is 0 Å². The number of nitrogens with zero attached hydrogens (tertiary/aromatic N) is 2. The third kappa shape index (κ3) is 2.52. The van der Waals surface area contributed by atoms with Crippen molar-refractivity contribution in [1.82, 2.24) is 10.2 Å². The van der Waals surface area contributed by atoms with E-state index in [1.165, 1.54) is 6.42 Å². The number of aliphatic hydroxyl groups is 1. The molecule has 1 aromatic heterocycles. The lowest BCUT2D eigenvalue weighted by Crippen LogP contribution is -2.41. The highest BCUT2D eigenvalue weighted by molar-refractivity contribution is 7.15. The molecular weight excluding hydrogens is 222 g/mol. The predicted molar refractivity (Wildman–Crippen MR) is 65.7 cm³/mol. The van der Waals surface area contributed by atoms with Crippen LogP contribution in [0.1, 0.15) is 37.6 Å². The Morgan fingerprint density at radius 1 is 1.50 bits per heavy atom. The summed E-state index contributed by atoms with van der Waals surface area (Å²) in [6.07, 6.45) is 4.17. The van der Waals surface area contributed by atoms with Crippen molar-refractivity contribution in [2.45, 2.75) is 45.6 Å². The molecule has 2 rings (SSSR count). The molecule has 2 atom stereocenters. The second-order valence-electron chi connectivity index (χ2n) is 4.90. The normalized spacial score (nSPS) is 30.3. The fourth-order valence-electron chi connectivity index (χ4n) is 2.23. The van der Waals surface area contributed by atoms with Gasteiger partial charge in [0.1, 0.15) is 5.01 Å². The Morgan fingerprint density at radius 2 is 2.31 bits per heavy atom. The molecule has 0 spiro atoms. The van der Waals surface area contributed by atoms with Crippen molar-refractivity contribution in [3.63, 3.8) is 0 Å². The molecule has 5 heteroatoms. The SMILES string of the molecule is Cc1nnc(NCC2(C)CCCCC2O)s1. The summed E-state index contributed by atoms with van der Waals surface area (Å²) < 4.78 is 0. The summed E-state index contributed by atoms with van der Waals surface area (Å²) in [4.78, 5) is 0. The van der Waals surface area contributed by atoms with E-state index in [1.54, 1.807) is 11.3 Å². The Hall–Kier alpha value is -0.680. The lowest BCUT2D eigenvalue weighted by Gasteiger charge is -2.38. The number of hydrogen-bond donors (Lipinski definition) is 2. The molecule has 2 unspecified atom stereocenters. The van der Waals surface area contributed by atoms with Gasteiger partial charge in [-0.1, -0.05) is 31.1 Å². The largest absolute Gasteiger partial charge is 0.392 e. The van der Waals surface area contributed by atoms with E-state index in [9.17, 15) is 5.11 Å². The molecule has 1 aliphatic rings. The topological polar surface area (TPSA) is 58.0 Å². The average molecular weight is 241 g/mol. The minimum absolute atomic E-state index is 0.0160. The van der Waals surface area contributed by atoms with E-state index >= 15 is 0 Å². The monoisotopic (exact) mass is 241 g/mol. The number of aliphatic hydroxyl groups excluding tert-OH is 1. The first kappa shape index (κ1) is 11.8. The molecule has 1 saturated carbocycles. The molecule has 2 N–H and O–H groups in total. The lowest BCUT2D eigenvalue weighted by molar-refractivity contribution is 0.00962. The third-order valence-corrected chi connectivity index (χ3v) is 4.25. The fraction of sp³-hybridized carbons (Fsp3) is 0.818. The lowest BCUT2D eigenvalue weighted by atomic mass is 9.73. The van der Waals surface area contributed by atoms with Gasteiger partial charge in [0.15, 0.2) is 0 Å². The van der Waals surface area contributed by atoms with Crippen LogP contribution in [0.2, 0.25) is 0 Å². The van der Waals surface area contributed by atoms with Crippen molar-refractivity contribution in [3.8, 4) is 0 Å². The van der Waals surface area contributed by atoms with E-state index in [0.717, 1.165) is 35.9 Å². The van der Waals surface area contributed by atoms with Gasteiger partial charge in [-0.25, -0.2) is 0 Å². The Balaban J connectivity index is 1.93. The van der Waals surface area contributed by atoms with Crippen LogP contribution in [-0.4, -0.2) is 28.0 Å². The quantitative estimate of drug-likeness (QED) is 0.851. The summed E-state index contributed by atoms with van der Waals surface area (Å²) in [7, 11) is 0. The smallest absolute Gasteiger partial charge is 0.205 e. The molecule has 0 amide bonds. The van der Waals surface area contributed by atoms with Gasteiger partial charge >= 0.3 is 0 Å². The Morgan fingerprint density at radius 3 is 2.94 bits per heavy atom. The first-order chi connectivity index (χ1) is 7.60. The van der Waals surface area contributed by atoms with Crippen LogP contribution in [0.3, 0.4) is 0 Å². The number of aromatic nitrogens is 2. The maximum atomic E-state index is 10.0. The molecule has 1 fully saturated rings. The van der Waals surface area contributed by atoms with Crippen LogP contribution < -0.4 is 5.32 Å². The minimum Gasteiger partial charge on any atom is -0.392 e. The van der Waals surface area contributed by atoms with Gasteiger partial charge in [-0.05, 0) is 19.8 Å². The van der Waals surface area contributed by atoms with E-state index in [2.05, 4.69) is 22.4 Å². The zero-order valence-corrected chi connectivity index (χ0v) is 10.7. The molecule has 1 aromatic rings. The molecule has 0 bridgehead atoms. The van der Waals surface area contributed by atoms with E-state index in [1.807, 2.05) is 6.92 Å². The van der Waals surface area contributed by atoms with Gasteiger partial charge in [0.2, 0.25) is 5.13 Å². The molecule has 16 heavy (non-hydrogen) atoms. The zero-order valence-electron chi connectivity index (χ0n) is 9.86. The highest BCUT2D eigenvalue weighted by atomic mass is 32.1. The molecule has 4 nitrogen and oxygen atoms in total. The standard InChI is InChI=1S/C11H19N3OS/c1-8-13-14-10(16-8)12-7-11(2)6-4-3-5-9(11)15/h9,15H,3-7H2,1-2H3,(H,12,14). The third-order valence-electron chi connectivity index (χ3n) is 3.45. The Kier molecular flexibility index (Phi) is 3.44. The van der Waals surface area contributed by atoms with Gasteiger partial charge in [0.25, 0.3) is 0 Å². The molecular formula is C11H19N3OS. The molecule has 0 radical (unpaired) electrons. The van der Waals surface area contributed by atoms with E-state index in [0.29, 0.717) is 0 Å². The Labute approximate surface area is 100 Å². The van der Waals surface area contributed by atoms with Crippen molar-refractivity contribution in [2.75, 3.05) is 11.9 Å². The summed E-state index contributed by atoms with van der Waals surface area (Å²) in [6.45, 7) is 4.88. The number of anilines is 1. The number of hydrogen-bond acceptors (Lipinski definition) is 5. The van der Waals surface area contributed by atoms with Crippen LogP contribution in [0.25, 0.3) is 0 Å².